The van der Waals surface area contributed by atoms with E-state index in [1.807, 2.05) is 104 Å². The quantitative estimate of drug-likeness (QED) is 0.240. The molecular formula is C31H31BrN2O3. The summed E-state index contributed by atoms with van der Waals surface area (Å²) in [5.41, 5.74) is 1.92. The molecule has 0 fully saturated rings. The molecule has 0 aliphatic heterocycles. The Bertz CT molecular complexity index is 1320. The van der Waals surface area contributed by atoms with Crippen molar-refractivity contribution in [3.63, 3.8) is 0 Å². The van der Waals surface area contributed by atoms with Crippen molar-refractivity contribution >= 4 is 38.5 Å². The summed E-state index contributed by atoms with van der Waals surface area (Å²) >= 11 is 3.47. The Morgan fingerprint density at radius 1 is 0.865 bits per heavy atom. The number of hydrogen-bond acceptors (Lipinski definition) is 3. The summed E-state index contributed by atoms with van der Waals surface area (Å²) in [6.45, 7) is 2.69. The Kier molecular flexibility index (Phi) is 9.33. The van der Waals surface area contributed by atoms with Crippen LogP contribution in [0, 0.1) is 0 Å². The van der Waals surface area contributed by atoms with Crippen LogP contribution in [-0.4, -0.2) is 35.9 Å². The van der Waals surface area contributed by atoms with E-state index in [1.54, 1.807) is 4.90 Å². The number of ether oxygens (including phenoxy) is 1. The summed E-state index contributed by atoms with van der Waals surface area (Å²) in [7, 11) is 0. The molecule has 37 heavy (non-hydrogen) atoms. The zero-order valence-electron chi connectivity index (χ0n) is 20.9. The molecule has 4 aromatic carbocycles. The van der Waals surface area contributed by atoms with Crippen LogP contribution in [-0.2, 0) is 22.6 Å². The number of nitrogens with zero attached hydrogens (tertiary/aromatic N) is 1. The van der Waals surface area contributed by atoms with Crippen LogP contribution in [0.4, 0.5) is 0 Å². The Morgan fingerprint density at radius 2 is 1.57 bits per heavy atom. The highest BCUT2D eigenvalue weighted by Gasteiger charge is 2.30. The molecule has 0 saturated carbocycles. The molecule has 0 saturated heterocycles. The van der Waals surface area contributed by atoms with E-state index in [9.17, 15) is 9.59 Å². The van der Waals surface area contributed by atoms with Gasteiger partial charge in [-0.3, -0.25) is 9.59 Å². The Balaban J connectivity index is 1.62. The molecule has 0 bridgehead atoms. The van der Waals surface area contributed by atoms with Crippen molar-refractivity contribution in [1.29, 1.82) is 0 Å². The molecule has 1 N–H and O–H groups in total. The summed E-state index contributed by atoms with van der Waals surface area (Å²) < 4.78 is 7.00. The van der Waals surface area contributed by atoms with Gasteiger partial charge in [0.05, 0.1) is 0 Å². The Morgan fingerprint density at radius 3 is 2.32 bits per heavy atom. The molecule has 0 radical (unpaired) electrons. The third-order valence-corrected chi connectivity index (χ3v) is 6.72. The van der Waals surface area contributed by atoms with E-state index in [2.05, 4.69) is 21.2 Å². The summed E-state index contributed by atoms with van der Waals surface area (Å²) in [4.78, 5) is 28.8. The number of rotatable bonds is 11. The van der Waals surface area contributed by atoms with Crippen LogP contribution in [0.5, 0.6) is 5.75 Å². The minimum absolute atomic E-state index is 0.165. The van der Waals surface area contributed by atoms with Crippen molar-refractivity contribution in [3.8, 4) is 5.75 Å². The second-order valence-electron chi connectivity index (χ2n) is 8.91. The zero-order chi connectivity index (χ0) is 26.0. The van der Waals surface area contributed by atoms with Gasteiger partial charge in [0, 0.05) is 29.4 Å². The first-order valence-corrected chi connectivity index (χ1v) is 13.3. The second kappa shape index (κ2) is 13.1. The SMILES string of the molecule is CCCNC(=O)[C@@H](Cc1ccccc1)N(Cc1ccc(Br)cc1)C(=O)COc1cccc2ccccc12. The molecule has 6 heteroatoms. The molecule has 0 spiro atoms. The van der Waals surface area contributed by atoms with Crippen molar-refractivity contribution < 1.29 is 14.3 Å². The number of nitrogens with one attached hydrogen (secondary N) is 1. The van der Waals surface area contributed by atoms with E-state index >= 15 is 0 Å². The lowest BCUT2D eigenvalue weighted by Gasteiger charge is -2.31. The topological polar surface area (TPSA) is 58.6 Å². The monoisotopic (exact) mass is 558 g/mol. The maximum atomic E-state index is 13.7. The van der Waals surface area contributed by atoms with Gasteiger partial charge in [-0.15, -0.1) is 0 Å². The fourth-order valence-corrected chi connectivity index (χ4v) is 4.51. The molecular weight excluding hydrogens is 528 g/mol. The second-order valence-corrected chi connectivity index (χ2v) is 9.83. The number of fused-ring (bicyclic) bond motifs is 1. The number of benzene rings is 4. The average Bonchev–Trinajstić information content (AvgIpc) is 2.93. The van der Waals surface area contributed by atoms with Crippen molar-refractivity contribution in [1.82, 2.24) is 10.2 Å². The normalized spacial score (nSPS) is 11.6. The van der Waals surface area contributed by atoms with Crippen LogP contribution < -0.4 is 10.1 Å². The third-order valence-electron chi connectivity index (χ3n) is 6.19. The minimum Gasteiger partial charge on any atom is -0.483 e. The molecule has 0 aromatic heterocycles. The fourth-order valence-electron chi connectivity index (χ4n) is 4.25. The Hall–Kier alpha value is -3.64. The van der Waals surface area contributed by atoms with Gasteiger partial charge >= 0.3 is 0 Å². The van der Waals surface area contributed by atoms with Crippen molar-refractivity contribution in [2.24, 2.45) is 0 Å². The van der Waals surface area contributed by atoms with Gasteiger partial charge in [-0.2, -0.15) is 0 Å². The number of halogens is 1. The van der Waals surface area contributed by atoms with E-state index < -0.39 is 6.04 Å². The fraction of sp³-hybridized carbons (Fsp3) is 0.226. The summed E-state index contributed by atoms with van der Waals surface area (Å²) in [6, 6.07) is 30.6. The zero-order valence-corrected chi connectivity index (χ0v) is 22.5. The molecule has 2 amide bonds. The highest BCUT2D eigenvalue weighted by atomic mass is 79.9. The summed E-state index contributed by atoms with van der Waals surface area (Å²) in [6.07, 6.45) is 1.22. The molecule has 0 unspecified atom stereocenters. The number of carbonyl (C=O) groups excluding carboxylic acids is 2. The largest absolute Gasteiger partial charge is 0.483 e. The minimum atomic E-state index is -0.679. The van der Waals surface area contributed by atoms with Crippen LogP contribution in [0.25, 0.3) is 10.8 Å². The standard InChI is InChI=1S/C31H31BrN2O3/c1-2-19-33-31(36)28(20-23-9-4-3-5-10-23)34(21-24-15-17-26(32)18-16-24)30(35)22-37-29-14-8-12-25-11-6-7-13-27(25)29/h3-18,28H,2,19-22H2,1H3,(H,33,36)/t28-/m1/s1. The summed E-state index contributed by atoms with van der Waals surface area (Å²) in [5, 5.41) is 4.98. The highest BCUT2D eigenvalue weighted by molar-refractivity contribution is 9.10. The van der Waals surface area contributed by atoms with Gasteiger partial charge in [0.15, 0.2) is 6.61 Å². The third kappa shape index (κ3) is 7.20. The van der Waals surface area contributed by atoms with Gasteiger partial charge in [-0.1, -0.05) is 102 Å². The van der Waals surface area contributed by atoms with Gasteiger partial charge in [0.2, 0.25) is 5.91 Å². The number of amides is 2. The van der Waals surface area contributed by atoms with Gasteiger partial charge in [-0.25, -0.2) is 0 Å². The van der Waals surface area contributed by atoms with Gasteiger partial charge in [0.1, 0.15) is 11.8 Å². The molecule has 5 nitrogen and oxygen atoms in total. The number of carbonyl (C=O) groups is 2. The van der Waals surface area contributed by atoms with Crippen LogP contribution in [0.3, 0.4) is 0 Å². The van der Waals surface area contributed by atoms with Crippen molar-refractivity contribution in [2.75, 3.05) is 13.2 Å². The molecule has 0 aliphatic carbocycles. The van der Waals surface area contributed by atoms with Crippen molar-refractivity contribution in [3.05, 3.63) is 113 Å². The van der Waals surface area contributed by atoms with Gasteiger partial charge in [-0.05, 0) is 41.1 Å². The first kappa shape index (κ1) is 26.4. The molecule has 0 aliphatic rings. The van der Waals surface area contributed by atoms with Gasteiger partial charge < -0.3 is 15.0 Å². The summed E-state index contributed by atoms with van der Waals surface area (Å²) in [5.74, 6) is 0.231. The lowest BCUT2D eigenvalue weighted by molar-refractivity contribution is -0.142. The first-order chi connectivity index (χ1) is 18.0. The lowest BCUT2D eigenvalue weighted by Crippen LogP contribution is -2.51. The van der Waals surface area contributed by atoms with E-state index in [0.717, 1.165) is 32.8 Å². The predicted molar refractivity (Wildman–Crippen MR) is 151 cm³/mol. The van der Waals surface area contributed by atoms with Crippen LogP contribution in [0.2, 0.25) is 0 Å². The number of hydrogen-bond donors (Lipinski definition) is 1. The lowest BCUT2D eigenvalue weighted by atomic mass is 10.0. The maximum Gasteiger partial charge on any atom is 0.261 e. The molecule has 190 valence electrons. The first-order valence-electron chi connectivity index (χ1n) is 12.5. The van der Waals surface area contributed by atoms with Gasteiger partial charge in [0.25, 0.3) is 5.91 Å². The van der Waals surface area contributed by atoms with Crippen LogP contribution in [0.15, 0.2) is 102 Å². The van der Waals surface area contributed by atoms with E-state index in [0.29, 0.717) is 25.3 Å². The molecule has 4 aromatic rings. The predicted octanol–water partition coefficient (Wildman–Crippen LogP) is 6.15. The smallest absolute Gasteiger partial charge is 0.261 e. The van der Waals surface area contributed by atoms with Crippen LogP contribution in [0.1, 0.15) is 24.5 Å². The molecule has 0 heterocycles. The maximum absolute atomic E-state index is 13.7. The molecule has 1 atom stereocenters. The van der Waals surface area contributed by atoms with Crippen molar-refractivity contribution in [2.45, 2.75) is 32.4 Å². The Labute approximate surface area is 226 Å². The van der Waals surface area contributed by atoms with E-state index in [1.165, 1.54) is 0 Å². The van der Waals surface area contributed by atoms with E-state index in [-0.39, 0.29) is 18.4 Å². The highest BCUT2D eigenvalue weighted by Crippen LogP contribution is 2.25. The molecule has 4 rings (SSSR count). The average molecular weight is 560 g/mol. The van der Waals surface area contributed by atoms with Crippen LogP contribution >= 0.6 is 15.9 Å². The van der Waals surface area contributed by atoms with E-state index in [4.69, 9.17) is 4.74 Å².